The Morgan fingerprint density at radius 1 is 1.41 bits per heavy atom. The van der Waals surface area contributed by atoms with Crippen molar-refractivity contribution < 1.29 is 23.8 Å². The van der Waals surface area contributed by atoms with Crippen molar-refractivity contribution in [2.24, 2.45) is 5.92 Å². The molecule has 1 aromatic carbocycles. The monoisotopic (exact) mass is 309 g/mol. The lowest BCUT2D eigenvalue weighted by atomic mass is 9.89. The van der Waals surface area contributed by atoms with Crippen LogP contribution in [0.4, 0.5) is 4.39 Å². The number of carbonyl (C=O) groups is 2. The van der Waals surface area contributed by atoms with E-state index in [9.17, 15) is 19.1 Å². The smallest absolute Gasteiger partial charge is 0.308 e. The Morgan fingerprint density at radius 2 is 2.18 bits per heavy atom. The third-order valence-corrected chi connectivity index (χ3v) is 3.93. The first-order chi connectivity index (χ1) is 10.5. The molecule has 1 amide bonds. The SMILES string of the molecule is CCOCCC(=O)N1C[C@@H](C(=O)O)[C@H](c2cccc(F)c2)C1. The van der Waals surface area contributed by atoms with Gasteiger partial charge in [-0.2, -0.15) is 0 Å². The fourth-order valence-electron chi connectivity index (χ4n) is 2.79. The second-order valence-electron chi connectivity index (χ2n) is 5.35. The number of carboxylic acid groups (broad SMARTS) is 1. The van der Waals surface area contributed by atoms with Gasteiger partial charge in [0.05, 0.1) is 18.9 Å². The van der Waals surface area contributed by atoms with Crippen LogP contribution in [0.2, 0.25) is 0 Å². The Bertz CT molecular complexity index is 549. The molecule has 0 aliphatic carbocycles. The molecule has 0 bridgehead atoms. The summed E-state index contributed by atoms with van der Waals surface area (Å²) in [6, 6.07) is 5.93. The fraction of sp³-hybridized carbons (Fsp3) is 0.500. The average Bonchev–Trinajstić information content (AvgIpc) is 2.93. The minimum absolute atomic E-state index is 0.126. The van der Waals surface area contributed by atoms with Gasteiger partial charge in [-0.05, 0) is 24.6 Å². The van der Waals surface area contributed by atoms with Gasteiger partial charge in [0.1, 0.15) is 5.82 Å². The molecule has 0 radical (unpaired) electrons. The highest BCUT2D eigenvalue weighted by atomic mass is 19.1. The number of carbonyl (C=O) groups excluding carboxylic acids is 1. The van der Waals surface area contributed by atoms with Crippen molar-refractivity contribution >= 4 is 11.9 Å². The number of rotatable bonds is 6. The molecule has 0 unspecified atom stereocenters. The molecule has 1 aliphatic rings. The number of hydrogen-bond acceptors (Lipinski definition) is 3. The van der Waals surface area contributed by atoms with Gasteiger partial charge in [0.25, 0.3) is 0 Å². The number of halogens is 1. The maximum atomic E-state index is 13.4. The molecule has 1 saturated heterocycles. The van der Waals surface area contributed by atoms with Gasteiger partial charge >= 0.3 is 5.97 Å². The number of benzene rings is 1. The first-order valence-corrected chi connectivity index (χ1v) is 7.36. The van der Waals surface area contributed by atoms with Crippen LogP contribution >= 0.6 is 0 Å². The van der Waals surface area contributed by atoms with E-state index in [2.05, 4.69) is 0 Å². The average molecular weight is 309 g/mol. The minimum atomic E-state index is -0.964. The van der Waals surface area contributed by atoms with Gasteiger partial charge < -0.3 is 14.7 Å². The van der Waals surface area contributed by atoms with Crippen molar-refractivity contribution in [2.75, 3.05) is 26.3 Å². The number of aliphatic carboxylic acids is 1. The first kappa shape index (κ1) is 16.4. The predicted octanol–water partition coefficient (Wildman–Crippen LogP) is 1.88. The van der Waals surface area contributed by atoms with Gasteiger partial charge in [0.2, 0.25) is 5.91 Å². The Labute approximate surface area is 128 Å². The highest BCUT2D eigenvalue weighted by Gasteiger charge is 2.40. The topological polar surface area (TPSA) is 66.8 Å². The summed E-state index contributed by atoms with van der Waals surface area (Å²) in [5, 5.41) is 9.37. The second-order valence-corrected chi connectivity index (χ2v) is 5.35. The molecule has 5 nitrogen and oxygen atoms in total. The first-order valence-electron chi connectivity index (χ1n) is 7.36. The number of amides is 1. The second kappa shape index (κ2) is 7.35. The Morgan fingerprint density at radius 3 is 2.82 bits per heavy atom. The molecule has 0 spiro atoms. The highest BCUT2D eigenvalue weighted by molar-refractivity contribution is 5.79. The fourth-order valence-corrected chi connectivity index (χ4v) is 2.79. The lowest BCUT2D eigenvalue weighted by molar-refractivity contribution is -0.141. The van der Waals surface area contributed by atoms with E-state index in [1.54, 1.807) is 12.1 Å². The van der Waals surface area contributed by atoms with Crippen LogP contribution in [-0.4, -0.2) is 48.2 Å². The number of ether oxygens (including phenoxy) is 1. The van der Waals surface area contributed by atoms with E-state index in [0.29, 0.717) is 25.3 Å². The lowest BCUT2D eigenvalue weighted by Crippen LogP contribution is -2.30. The van der Waals surface area contributed by atoms with Crippen LogP contribution in [0.15, 0.2) is 24.3 Å². The van der Waals surface area contributed by atoms with Crippen molar-refractivity contribution in [3.8, 4) is 0 Å². The number of likely N-dealkylation sites (tertiary alicyclic amines) is 1. The normalized spacial score (nSPS) is 21.1. The van der Waals surface area contributed by atoms with Crippen LogP contribution in [-0.2, 0) is 14.3 Å². The van der Waals surface area contributed by atoms with Crippen molar-refractivity contribution in [3.05, 3.63) is 35.6 Å². The van der Waals surface area contributed by atoms with Crippen LogP contribution in [0.25, 0.3) is 0 Å². The molecule has 1 N–H and O–H groups in total. The number of carboxylic acids is 1. The van der Waals surface area contributed by atoms with Crippen LogP contribution < -0.4 is 0 Å². The van der Waals surface area contributed by atoms with E-state index in [1.807, 2.05) is 6.92 Å². The molecule has 1 heterocycles. The summed E-state index contributed by atoms with van der Waals surface area (Å²) < 4.78 is 18.5. The van der Waals surface area contributed by atoms with Crippen LogP contribution in [0.5, 0.6) is 0 Å². The zero-order valence-electron chi connectivity index (χ0n) is 12.5. The molecule has 22 heavy (non-hydrogen) atoms. The van der Waals surface area contributed by atoms with E-state index in [0.717, 1.165) is 0 Å². The molecule has 1 aromatic rings. The molecule has 1 fully saturated rings. The Hall–Kier alpha value is -1.95. The van der Waals surface area contributed by atoms with Crippen molar-refractivity contribution in [3.63, 3.8) is 0 Å². The standard InChI is InChI=1S/C16H20FNO4/c1-2-22-7-6-15(19)18-9-13(14(10-18)16(20)21)11-4-3-5-12(17)8-11/h3-5,8,13-14H,2,6-7,9-10H2,1H3,(H,20,21)/t13-,14+/m0/s1. The van der Waals surface area contributed by atoms with E-state index < -0.39 is 17.7 Å². The Kier molecular flexibility index (Phi) is 5.49. The third kappa shape index (κ3) is 3.82. The lowest BCUT2D eigenvalue weighted by Gasteiger charge is -2.16. The quantitative estimate of drug-likeness (QED) is 0.815. The van der Waals surface area contributed by atoms with Crippen LogP contribution in [0.3, 0.4) is 0 Å². The van der Waals surface area contributed by atoms with Crippen LogP contribution in [0, 0.1) is 11.7 Å². The van der Waals surface area contributed by atoms with Crippen LogP contribution in [0.1, 0.15) is 24.8 Å². The van der Waals surface area contributed by atoms with Gasteiger partial charge in [-0.25, -0.2) is 4.39 Å². The van der Waals surface area contributed by atoms with Crippen molar-refractivity contribution in [1.82, 2.24) is 4.90 Å². The van der Waals surface area contributed by atoms with E-state index in [4.69, 9.17) is 4.74 Å². The third-order valence-electron chi connectivity index (χ3n) is 3.93. The predicted molar refractivity (Wildman–Crippen MR) is 78.0 cm³/mol. The van der Waals surface area contributed by atoms with Gasteiger partial charge in [-0.3, -0.25) is 9.59 Å². The molecular weight excluding hydrogens is 289 g/mol. The molecule has 1 aliphatic heterocycles. The number of hydrogen-bond donors (Lipinski definition) is 1. The Balaban J connectivity index is 2.09. The van der Waals surface area contributed by atoms with Gasteiger partial charge in [-0.1, -0.05) is 12.1 Å². The van der Waals surface area contributed by atoms with E-state index in [1.165, 1.54) is 17.0 Å². The number of nitrogens with zero attached hydrogens (tertiary/aromatic N) is 1. The maximum Gasteiger partial charge on any atom is 0.308 e. The molecular formula is C16H20FNO4. The molecule has 2 rings (SSSR count). The molecule has 6 heteroatoms. The minimum Gasteiger partial charge on any atom is -0.481 e. The highest BCUT2D eigenvalue weighted by Crippen LogP contribution is 2.33. The molecule has 0 saturated carbocycles. The summed E-state index contributed by atoms with van der Waals surface area (Å²) in [5.74, 6) is -2.59. The maximum absolute atomic E-state index is 13.4. The summed E-state index contributed by atoms with van der Waals surface area (Å²) in [5.41, 5.74) is 0.618. The molecule has 2 atom stereocenters. The zero-order valence-corrected chi connectivity index (χ0v) is 12.5. The molecule has 120 valence electrons. The summed E-state index contributed by atoms with van der Waals surface area (Å²) >= 11 is 0. The van der Waals surface area contributed by atoms with Crippen molar-refractivity contribution in [2.45, 2.75) is 19.3 Å². The summed E-state index contributed by atoms with van der Waals surface area (Å²) in [6.07, 6.45) is 0.232. The van der Waals surface area contributed by atoms with Gasteiger partial charge in [-0.15, -0.1) is 0 Å². The summed E-state index contributed by atoms with van der Waals surface area (Å²) in [7, 11) is 0. The van der Waals surface area contributed by atoms with Crippen molar-refractivity contribution in [1.29, 1.82) is 0 Å². The summed E-state index contributed by atoms with van der Waals surface area (Å²) in [6.45, 7) is 3.17. The van der Waals surface area contributed by atoms with Gasteiger partial charge in [0, 0.05) is 25.6 Å². The molecule has 0 aromatic heterocycles. The van der Waals surface area contributed by atoms with E-state index >= 15 is 0 Å². The largest absolute Gasteiger partial charge is 0.481 e. The summed E-state index contributed by atoms with van der Waals surface area (Å²) in [4.78, 5) is 25.1. The van der Waals surface area contributed by atoms with Gasteiger partial charge in [0.15, 0.2) is 0 Å². The zero-order chi connectivity index (χ0) is 16.1. The van der Waals surface area contributed by atoms with E-state index in [-0.39, 0.29) is 24.8 Å².